The molecule has 1 fully saturated rings. The minimum absolute atomic E-state index is 0.643. The Bertz CT molecular complexity index is 1320. The van der Waals surface area contributed by atoms with E-state index in [1.807, 2.05) is 56.4 Å². The SMILES string of the molecule is C=Cc1ccnc(N2CCN(C(C)C)CC2)c1.CNc1cc2cc(-c3cnn(C)c3)ccc2c(C)n1. The largest absolute Gasteiger partial charge is 0.373 e. The first kappa shape index (κ1) is 25.4. The number of fused-ring (bicyclic) bond motifs is 1. The van der Waals surface area contributed by atoms with Crippen molar-refractivity contribution in [2.75, 3.05) is 43.4 Å². The Balaban J connectivity index is 0.000000170. The molecule has 0 atom stereocenters. The lowest BCUT2D eigenvalue weighted by molar-refractivity contribution is 0.209. The normalized spacial score (nSPS) is 14.0. The lowest BCUT2D eigenvalue weighted by atomic mass is 10.0. The van der Waals surface area contributed by atoms with E-state index in [-0.39, 0.29) is 0 Å². The van der Waals surface area contributed by atoms with Crippen LogP contribution in [0.5, 0.6) is 0 Å². The number of aryl methyl sites for hydroxylation is 2. The van der Waals surface area contributed by atoms with Crippen LogP contribution in [-0.4, -0.2) is 63.9 Å². The number of nitrogens with zero attached hydrogens (tertiary/aromatic N) is 6. The summed E-state index contributed by atoms with van der Waals surface area (Å²) in [6.07, 6.45) is 7.64. The summed E-state index contributed by atoms with van der Waals surface area (Å²) in [5.74, 6) is 1.97. The minimum Gasteiger partial charge on any atom is -0.373 e. The van der Waals surface area contributed by atoms with Gasteiger partial charge < -0.3 is 10.2 Å². The van der Waals surface area contributed by atoms with Crippen LogP contribution in [0.2, 0.25) is 0 Å². The predicted octanol–water partition coefficient (Wildman–Crippen LogP) is 5.24. The molecule has 0 saturated carbocycles. The molecule has 0 aliphatic carbocycles. The summed E-state index contributed by atoms with van der Waals surface area (Å²) in [7, 11) is 3.82. The van der Waals surface area contributed by atoms with Gasteiger partial charge in [-0.25, -0.2) is 9.97 Å². The Labute approximate surface area is 214 Å². The highest BCUT2D eigenvalue weighted by molar-refractivity contribution is 5.90. The van der Waals surface area contributed by atoms with Crippen LogP contribution in [0.3, 0.4) is 0 Å². The van der Waals surface area contributed by atoms with Gasteiger partial charge in [0.05, 0.1) is 6.20 Å². The molecule has 1 N–H and O–H groups in total. The van der Waals surface area contributed by atoms with Gasteiger partial charge in [-0.3, -0.25) is 9.58 Å². The second-order valence-electron chi connectivity index (χ2n) is 9.45. The van der Waals surface area contributed by atoms with Crippen LogP contribution < -0.4 is 10.2 Å². The highest BCUT2D eigenvalue weighted by Crippen LogP contribution is 2.27. The predicted molar refractivity (Wildman–Crippen MR) is 151 cm³/mol. The topological polar surface area (TPSA) is 62.1 Å². The van der Waals surface area contributed by atoms with Crippen molar-refractivity contribution in [3.8, 4) is 11.1 Å². The van der Waals surface area contributed by atoms with Gasteiger partial charge in [-0.1, -0.05) is 24.8 Å². The number of rotatable bonds is 5. The Hall–Kier alpha value is -3.71. The first-order valence-corrected chi connectivity index (χ1v) is 12.5. The maximum absolute atomic E-state index is 4.50. The summed E-state index contributed by atoms with van der Waals surface area (Å²) in [4.78, 5) is 13.8. The molecular formula is C29H37N7. The number of aromatic nitrogens is 4. The first-order chi connectivity index (χ1) is 17.4. The summed E-state index contributed by atoms with van der Waals surface area (Å²) < 4.78 is 1.82. The van der Waals surface area contributed by atoms with Crippen LogP contribution in [0.1, 0.15) is 25.1 Å². The molecule has 0 unspecified atom stereocenters. The molecule has 36 heavy (non-hydrogen) atoms. The molecule has 0 bridgehead atoms. The van der Waals surface area contributed by atoms with Crippen molar-refractivity contribution in [2.45, 2.75) is 26.8 Å². The molecule has 4 aromatic rings. The van der Waals surface area contributed by atoms with Crippen molar-refractivity contribution in [3.63, 3.8) is 0 Å². The highest BCUT2D eigenvalue weighted by atomic mass is 15.3. The highest BCUT2D eigenvalue weighted by Gasteiger charge is 2.19. The van der Waals surface area contributed by atoms with E-state index in [4.69, 9.17) is 0 Å². The molecular weight excluding hydrogens is 446 g/mol. The van der Waals surface area contributed by atoms with Crippen LogP contribution in [0, 0.1) is 6.92 Å². The first-order valence-electron chi connectivity index (χ1n) is 12.5. The summed E-state index contributed by atoms with van der Waals surface area (Å²) in [5, 5.41) is 9.69. The summed E-state index contributed by atoms with van der Waals surface area (Å²) in [5.41, 5.74) is 4.49. The summed E-state index contributed by atoms with van der Waals surface area (Å²) in [6.45, 7) is 14.7. The molecule has 1 aromatic carbocycles. The van der Waals surface area contributed by atoms with E-state index in [1.165, 1.54) is 16.3 Å². The van der Waals surface area contributed by atoms with Gasteiger partial charge in [0.15, 0.2) is 0 Å². The third kappa shape index (κ3) is 5.91. The van der Waals surface area contributed by atoms with Gasteiger partial charge in [0.2, 0.25) is 0 Å². The third-order valence-electron chi connectivity index (χ3n) is 6.69. The Kier molecular flexibility index (Phi) is 8.00. The quantitative estimate of drug-likeness (QED) is 0.419. The average molecular weight is 484 g/mol. The van der Waals surface area contributed by atoms with Gasteiger partial charge in [0.25, 0.3) is 0 Å². The summed E-state index contributed by atoms with van der Waals surface area (Å²) >= 11 is 0. The van der Waals surface area contributed by atoms with E-state index in [1.54, 1.807) is 0 Å². The standard InChI is InChI=1S/C15H16N4.C14H21N3/c1-10-14-5-4-11(13-8-17-19(3)9-13)6-12(14)7-15(16-2)18-10;1-4-13-5-6-15-14(11-13)17-9-7-16(8-10-17)12(2)3/h4-9H,1-3H3,(H,16,18);4-6,11-12H,1,7-10H2,2-3H3. The molecule has 0 radical (unpaired) electrons. The second kappa shape index (κ2) is 11.4. The summed E-state index contributed by atoms with van der Waals surface area (Å²) in [6, 6.07) is 13.2. The molecule has 1 aliphatic heterocycles. The van der Waals surface area contributed by atoms with Gasteiger partial charge in [-0.05, 0) is 61.5 Å². The molecule has 188 valence electrons. The number of piperazine rings is 1. The van der Waals surface area contributed by atoms with Crippen LogP contribution in [0.15, 0.2) is 61.6 Å². The number of hydrogen-bond donors (Lipinski definition) is 1. The van der Waals surface area contributed by atoms with Gasteiger partial charge in [0.1, 0.15) is 11.6 Å². The maximum Gasteiger partial charge on any atom is 0.129 e. The van der Waals surface area contributed by atoms with Crippen molar-refractivity contribution in [1.29, 1.82) is 0 Å². The van der Waals surface area contributed by atoms with Crippen LogP contribution in [-0.2, 0) is 7.05 Å². The van der Waals surface area contributed by atoms with E-state index in [9.17, 15) is 0 Å². The number of anilines is 2. The van der Waals surface area contributed by atoms with Crippen molar-refractivity contribution in [3.05, 3.63) is 72.8 Å². The van der Waals surface area contributed by atoms with Crippen molar-refractivity contribution >= 4 is 28.5 Å². The fraction of sp³-hybridized carbons (Fsp3) is 0.345. The molecule has 7 heteroatoms. The fourth-order valence-corrected chi connectivity index (χ4v) is 4.51. The molecule has 7 nitrogen and oxygen atoms in total. The van der Waals surface area contributed by atoms with Crippen LogP contribution in [0.25, 0.3) is 28.0 Å². The number of hydrogen-bond acceptors (Lipinski definition) is 6. The van der Waals surface area contributed by atoms with Crippen molar-refractivity contribution in [1.82, 2.24) is 24.6 Å². The molecule has 4 heterocycles. The van der Waals surface area contributed by atoms with E-state index >= 15 is 0 Å². The van der Waals surface area contributed by atoms with Crippen LogP contribution in [0.4, 0.5) is 11.6 Å². The average Bonchev–Trinajstić information content (AvgIpc) is 3.35. The zero-order chi connectivity index (χ0) is 25.7. The molecule has 0 spiro atoms. The maximum atomic E-state index is 4.50. The Morgan fingerprint density at radius 1 is 1.03 bits per heavy atom. The molecule has 1 saturated heterocycles. The van der Waals surface area contributed by atoms with Gasteiger partial charge in [0, 0.05) is 75.4 Å². The second-order valence-corrected chi connectivity index (χ2v) is 9.45. The van der Waals surface area contributed by atoms with E-state index < -0.39 is 0 Å². The number of nitrogens with one attached hydrogen (secondary N) is 1. The van der Waals surface area contributed by atoms with E-state index in [0.717, 1.165) is 54.6 Å². The molecule has 3 aromatic heterocycles. The number of pyridine rings is 2. The zero-order valence-corrected chi connectivity index (χ0v) is 22.1. The molecule has 5 rings (SSSR count). The number of benzene rings is 1. The fourth-order valence-electron chi connectivity index (χ4n) is 4.51. The molecule has 0 amide bonds. The Morgan fingerprint density at radius 3 is 2.44 bits per heavy atom. The van der Waals surface area contributed by atoms with Crippen molar-refractivity contribution < 1.29 is 0 Å². The van der Waals surface area contributed by atoms with Crippen LogP contribution >= 0.6 is 0 Å². The minimum atomic E-state index is 0.643. The molecule has 1 aliphatic rings. The third-order valence-corrected chi connectivity index (χ3v) is 6.69. The van der Waals surface area contributed by atoms with Crippen molar-refractivity contribution in [2.24, 2.45) is 7.05 Å². The smallest absolute Gasteiger partial charge is 0.129 e. The van der Waals surface area contributed by atoms with Gasteiger partial charge in [-0.15, -0.1) is 0 Å². The lowest BCUT2D eigenvalue weighted by Gasteiger charge is -2.37. The van der Waals surface area contributed by atoms with Gasteiger partial charge >= 0.3 is 0 Å². The van der Waals surface area contributed by atoms with E-state index in [2.05, 4.69) is 80.9 Å². The Morgan fingerprint density at radius 2 is 1.81 bits per heavy atom. The lowest BCUT2D eigenvalue weighted by Crippen LogP contribution is -2.49. The zero-order valence-electron chi connectivity index (χ0n) is 22.1. The van der Waals surface area contributed by atoms with Gasteiger partial charge in [-0.2, -0.15) is 5.10 Å². The van der Waals surface area contributed by atoms with E-state index in [0.29, 0.717) is 6.04 Å². The monoisotopic (exact) mass is 483 g/mol.